The van der Waals surface area contributed by atoms with E-state index in [9.17, 15) is 0 Å². The van der Waals surface area contributed by atoms with Crippen molar-refractivity contribution in [2.75, 3.05) is 0 Å². The van der Waals surface area contributed by atoms with Gasteiger partial charge in [-0.15, -0.1) is 0 Å². The van der Waals surface area contributed by atoms with E-state index in [2.05, 4.69) is 17.3 Å². The van der Waals surface area contributed by atoms with Crippen LogP contribution in [0.2, 0.25) is 0 Å². The van der Waals surface area contributed by atoms with E-state index < -0.39 is 0 Å². The van der Waals surface area contributed by atoms with Gasteiger partial charge in [-0.25, -0.2) is 0 Å². The smallest absolute Gasteiger partial charge is 0.147 e. The summed E-state index contributed by atoms with van der Waals surface area (Å²) in [6, 6.07) is 6.29. The average molecular weight is 230 g/mol. The summed E-state index contributed by atoms with van der Waals surface area (Å²) in [7, 11) is 0. The molecule has 0 bridgehead atoms. The normalized spacial score (nSPS) is 18.9. The Balaban J connectivity index is 2.04. The van der Waals surface area contributed by atoms with Gasteiger partial charge in [0.1, 0.15) is 11.3 Å². The third kappa shape index (κ3) is 1.84. The first-order valence-electron chi connectivity index (χ1n) is 6.40. The summed E-state index contributed by atoms with van der Waals surface area (Å²) in [6.07, 6.45) is 5.09. The van der Waals surface area contributed by atoms with Crippen LogP contribution in [0.4, 0.5) is 0 Å². The van der Waals surface area contributed by atoms with Crippen molar-refractivity contribution in [1.29, 1.82) is 0 Å². The van der Waals surface area contributed by atoms with E-state index in [-0.39, 0.29) is 6.04 Å². The second-order valence-electron chi connectivity index (χ2n) is 5.09. The van der Waals surface area contributed by atoms with Crippen LogP contribution in [0.25, 0.3) is 10.9 Å². The lowest BCUT2D eigenvalue weighted by Crippen LogP contribution is -2.04. The SMILES string of the molecule is CC(N)c1ccc2c(C3CCCC3)onc2c1. The summed E-state index contributed by atoms with van der Waals surface area (Å²) < 4.78 is 5.54. The lowest BCUT2D eigenvalue weighted by Gasteiger charge is -2.06. The van der Waals surface area contributed by atoms with Crippen LogP contribution in [0.3, 0.4) is 0 Å². The molecule has 1 aromatic carbocycles. The van der Waals surface area contributed by atoms with E-state index in [0.717, 1.165) is 16.8 Å². The molecule has 0 saturated heterocycles. The first-order chi connectivity index (χ1) is 8.25. The van der Waals surface area contributed by atoms with Crippen LogP contribution in [0, 0.1) is 0 Å². The fourth-order valence-electron chi connectivity index (χ4n) is 2.75. The van der Waals surface area contributed by atoms with Gasteiger partial charge in [-0.1, -0.05) is 24.1 Å². The first kappa shape index (κ1) is 10.8. The zero-order valence-electron chi connectivity index (χ0n) is 10.1. The molecule has 2 N–H and O–H groups in total. The molecule has 0 radical (unpaired) electrons. The molecule has 3 nitrogen and oxygen atoms in total. The van der Waals surface area contributed by atoms with Crippen molar-refractivity contribution >= 4 is 10.9 Å². The number of nitrogens with two attached hydrogens (primary N) is 1. The van der Waals surface area contributed by atoms with Crippen molar-refractivity contribution in [2.45, 2.75) is 44.6 Å². The molecular formula is C14H18N2O. The van der Waals surface area contributed by atoms with Gasteiger partial charge in [-0.3, -0.25) is 0 Å². The zero-order valence-corrected chi connectivity index (χ0v) is 10.1. The topological polar surface area (TPSA) is 52.0 Å². The van der Waals surface area contributed by atoms with Gasteiger partial charge in [0.05, 0.1) is 0 Å². The van der Waals surface area contributed by atoms with Crippen molar-refractivity contribution in [2.24, 2.45) is 5.73 Å². The van der Waals surface area contributed by atoms with Crippen LogP contribution in [0.1, 0.15) is 55.9 Å². The fourth-order valence-corrected chi connectivity index (χ4v) is 2.75. The van der Waals surface area contributed by atoms with Gasteiger partial charge >= 0.3 is 0 Å². The molecule has 1 aliphatic rings. The Morgan fingerprint density at radius 2 is 2.12 bits per heavy atom. The predicted molar refractivity (Wildman–Crippen MR) is 67.8 cm³/mol. The molecule has 0 spiro atoms. The molecular weight excluding hydrogens is 212 g/mol. The van der Waals surface area contributed by atoms with Crippen molar-refractivity contribution in [1.82, 2.24) is 5.16 Å². The molecule has 3 rings (SSSR count). The van der Waals surface area contributed by atoms with Crippen molar-refractivity contribution < 1.29 is 4.52 Å². The second-order valence-corrected chi connectivity index (χ2v) is 5.09. The number of hydrogen-bond acceptors (Lipinski definition) is 3. The molecule has 3 heteroatoms. The van der Waals surface area contributed by atoms with Gasteiger partial charge < -0.3 is 10.3 Å². The Morgan fingerprint density at radius 3 is 2.82 bits per heavy atom. The molecule has 17 heavy (non-hydrogen) atoms. The van der Waals surface area contributed by atoms with E-state index in [1.807, 2.05) is 13.0 Å². The van der Waals surface area contributed by atoms with Crippen LogP contribution >= 0.6 is 0 Å². The van der Waals surface area contributed by atoms with Gasteiger partial charge in [0, 0.05) is 17.3 Å². The molecule has 1 fully saturated rings. The van der Waals surface area contributed by atoms with Crippen LogP contribution in [-0.4, -0.2) is 5.16 Å². The van der Waals surface area contributed by atoms with Gasteiger partial charge in [0.2, 0.25) is 0 Å². The number of aromatic nitrogens is 1. The summed E-state index contributed by atoms with van der Waals surface area (Å²) in [6.45, 7) is 1.99. The molecule has 1 unspecified atom stereocenters. The second kappa shape index (κ2) is 4.15. The van der Waals surface area contributed by atoms with E-state index in [1.165, 1.54) is 31.1 Å². The van der Waals surface area contributed by atoms with Crippen LogP contribution < -0.4 is 5.73 Å². The molecule has 1 aromatic heterocycles. The standard InChI is InChI=1S/C14H18N2O/c1-9(15)11-6-7-12-13(8-11)16-17-14(12)10-4-2-3-5-10/h6-10H,2-5,15H2,1H3. The summed E-state index contributed by atoms with van der Waals surface area (Å²) in [5.41, 5.74) is 7.94. The molecule has 90 valence electrons. The summed E-state index contributed by atoms with van der Waals surface area (Å²) in [5, 5.41) is 5.34. The zero-order chi connectivity index (χ0) is 11.8. The minimum absolute atomic E-state index is 0.0473. The number of hydrogen-bond donors (Lipinski definition) is 1. The average Bonchev–Trinajstić information content (AvgIpc) is 2.96. The van der Waals surface area contributed by atoms with Gasteiger partial charge in [-0.2, -0.15) is 0 Å². The molecule has 0 amide bonds. The molecule has 1 heterocycles. The highest BCUT2D eigenvalue weighted by Gasteiger charge is 2.23. The molecule has 2 aromatic rings. The highest BCUT2D eigenvalue weighted by molar-refractivity contribution is 5.81. The minimum Gasteiger partial charge on any atom is -0.360 e. The highest BCUT2D eigenvalue weighted by atomic mass is 16.5. The quantitative estimate of drug-likeness (QED) is 0.859. The third-order valence-electron chi connectivity index (χ3n) is 3.78. The van der Waals surface area contributed by atoms with E-state index in [1.54, 1.807) is 0 Å². The molecule has 1 aliphatic carbocycles. The lowest BCUT2D eigenvalue weighted by atomic mass is 10.00. The van der Waals surface area contributed by atoms with E-state index >= 15 is 0 Å². The maximum atomic E-state index is 5.88. The Bertz CT molecular complexity index is 524. The Kier molecular flexibility index (Phi) is 2.63. The van der Waals surface area contributed by atoms with E-state index in [4.69, 9.17) is 10.3 Å². The van der Waals surface area contributed by atoms with Crippen molar-refractivity contribution in [3.05, 3.63) is 29.5 Å². The monoisotopic (exact) mass is 230 g/mol. The summed E-state index contributed by atoms with van der Waals surface area (Å²) >= 11 is 0. The van der Waals surface area contributed by atoms with E-state index in [0.29, 0.717) is 5.92 Å². The largest absolute Gasteiger partial charge is 0.360 e. The maximum Gasteiger partial charge on any atom is 0.147 e. The summed E-state index contributed by atoms with van der Waals surface area (Å²) in [5.74, 6) is 1.65. The molecule has 0 aliphatic heterocycles. The number of fused-ring (bicyclic) bond motifs is 1. The lowest BCUT2D eigenvalue weighted by molar-refractivity contribution is 0.368. The third-order valence-corrected chi connectivity index (χ3v) is 3.78. The van der Waals surface area contributed by atoms with Crippen LogP contribution in [-0.2, 0) is 0 Å². The van der Waals surface area contributed by atoms with Gasteiger partial charge in [0.25, 0.3) is 0 Å². The summed E-state index contributed by atoms with van der Waals surface area (Å²) in [4.78, 5) is 0. The number of nitrogens with zero attached hydrogens (tertiary/aromatic N) is 1. The van der Waals surface area contributed by atoms with Gasteiger partial charge in [-0.05, 0) is 37.5 Å². The number of rotatable bonds is 2. The van der Waals surface area contributed by atoms with Crippen molar-refractivity contribution in [3.8, 4) is 0 Å². The highest BCUT2D eigenvalue weighted by Crippen LogP contribution is 2.37. The predicted octanol–water partition coefficient (Wildman–Crippen LogP) is 3.51. The minimum atomic E-state index is 0.0473. The van der Waals surface area contributed by atoms with Crippen molar-refractivity contribution in [3.63, 3.8) is 0 Å². The number of benzene rings is 1. The Hall–Kier alpha value is -1.35. The van der Waals surface area contributed by atoms with Crippen LogP contribution in [0.15, 0.2) is 22.7 Å². The first-order valence-corrected chi connectivity index (χ1v) is 6.40. The fraction of sp³-hybridized carbons (Fsp3) is 0.500. The molecule has 1 saturated carbocycles. The maximum absolute atomic E-state index is 5.88. The van der Waals surface area contributed by atoms with Gasteiger partial charge in [0.15, 0.2) is 0 Å². The molecule has 1 atom stereocenters. The Labute approximate surface area is 101 Å². The van der Waals surface area contributed by atoms with Crippen LogP contribution in [0.5, 0.6) is 0 Å². The Morgan fingerprint density at radius 1 is 1.35 bits per heavy atom.